The molecule has 0 spiro atoms. The fourth-order valence-corrected chi connectivity index (χ4v) is 10.3. The number of para-hydroxylation sites is 2. The molecule has 0 unspecified atom stereocenters. The highest BCUT2D eigenvalue weighted by atomic mass is 17.0. The highest BCUT2D eigenvalue weighted by Gasteiger charge is 2.37. The number of fused-ring (bicyclic) bond motifs is 5. The lowest BCUT2D eigenvalue weighted by molar-refractivity contribution is 0.0879. The number of hydrogen-bond donors (Lipinski definition) is 5. The molecule has 0 amide bonds. The summed E-state index contributed by atoms with van der Waals surface area (Å²) in [7, 11) is 3.80. The van der Waals surface area contributed by atoms with Gasteiger partial charge in [0.05, 0.1) is 22.3 Å². The molecule has 11 heteroatoms. The highest BCUT2D eigenvalue weighted by Crippen LogP contribution is 2.56. The Morgan fingerprint density at radius 1 is 0.582 bits per heavy atom. The molecule has 2 heterocycles. The van der Waals surface area contributed by atoms with E-state index in [0.29, 0.717) is 74.6 Å². The second-order valence-corrected chi connectivity index (χ2v) is 17.9. The molecular formula is C56H46B2N2O7. The number of aromatic nitrogens is 2. The molecule has 1 fully saturated rings. The standard InChI is InChI=1S/C56H46B2N2O7/c1-29(2)27-38-46(58)42(32-17-8-5-9-18-32)52(63)55-48(38)60(47-30(3)45(57)41(51(62)54(47)65)31-15-6-4-7-16-31)49-43(33-25-26-33)50(61)44(53(64)56(49)67-66-55)34-19-14-20-35(28-34)59-39-23-12-10-21-36(39)37-22-11-13-24-40(37)59/h4-24,28,33,61-65H,1,25-27,57-58H2,2-3H3. The molecule has 1 aliphatic rings. The minimum atomic E-state index is -0.449. The average molecular weight is 881 g/mol. The van der Waals surface area contributed by atoms with Crippen LogP contribution in [0, 0.1) is 6.92 Å². The molecule has 2 aromatic heterocycles. The van der Waals surface area contributed by atoms with Crippen LogP contribution >= 0.6 is 0 Å². The van der Waals surface area contributed by atoms with Gasteiger partial charge in [0.2, 0.25) is 11.2 Å². The van der Waals surface area contributed by atoms with Crippen molar-refractivity contribution in [2.75, 3.05) is 0 Å². The van der Waals surface area contributed by atoms with Crippen molar-refractivity contribution in [1.29, 1.82) is 0 Å². The zero-order valence-corrected chi connectivity index (χ0v) is 37.6. The zero-order valence-electron chi connectivity index (χ0n) is 37.6. The van der Waals surface area contributed by atoms with Gasteiger partial charge >= 0.3 is 0 Å². The fourth-order valence-electron chi connectivity index (χ4n) is 10.3. The molecule has 11 rings (SSSR count). The summed E-state index contributed by atoms with van der Waals surface area (Å²) < 4.78 is 16.6. The SMILES string of the molecule is Bc1c(C)c(-n2c3c(CC(=C)C)c(B)c(-c4ccccc4)c(O)c3ooc3c(O)c(-c4cccc(-n5c6ccccc6c6ccccc65)c4)c(O)c(C4CC4)c32)c(O)c(O)c1-c1ccccc1. The first-order valence-electron chi connectivity index (χ1n) is 22.5. The maximum atomic E-state index is 13.0. The molecule has 0 bridgehead atoms. The maximum Gasteiger partial charge on any atom is 0.245 e. The topological polar surface area (TPSA) is 137 Å². The number of aromatic hydroxyl groups is 5. The molecule has 328 valence electrons. The third kappa shape index (κ3) is 6.40. The van der Waals surface area contributed by atoms with Gasteiger partial charge in [-0.3, -0.25) is 13.7 Å². The minimum absolute atomic E-state index is 0.0875. The summed E-state index contributed by atoms with van der Waals surface area (Å²) in [5.74, 6) is -1.84. The highest BCUT2D eigenvalue weighted by molar-refractivity contribution is 6.39. The maximum absolute atomic E-state index is 13.0. The van der Waals surface area contributed by atoms with Crippen LogP contribution in [0.25, 0.3) is 88.8 Å². The number of benzene rings is 8. The number of hydrogen-bond acceptors (Lipinski definition) is 7. The molecule has 0 saturated heterocycles. The molecule has 0 atom stereocenters. The van der Waals surface area contributed by atoms with Crippen LogP contribution in [0.2, 0.25) is 0 Å². The third-order valence-electron chi connectivity index (χ3n) is 13.6. The predicted molar refractivity (Wildman–Crippen MR) is 273 cm³/mol. The summed E-state index contributed by atoms with van der Waals surface area (Å²) in [5.41, 5.74) is 10.2. The Morgan fingerprint density at radius 2 is 1.10 bits per heavy atom. The van der Waals surface area contributed by atoms with Crippen LogP contribution in [0.4, 0.5) is 0 Å². The smallest absolute Gasteiger partial charge is 0.245 e. The largest absolute Gasteiger partial charge is 0.507 e. The van der Waals surface area contributed by atoms with Crippen LogP contribution in [-0.2, 0) is 6.42 Å². The van der Waals surface area contributed by atoms with Crippen LogP contribution in [-0.4, -0.2) is 50.4 Å². The van der Waals surface area contributed by atoms with Gasteiger partial charge in [0, 0.05) is 33.2 Å². The lowest BCUT2D eigenvalue weighted by atomic mass is 9.79. The molecule has 9 nitrogen and oxygen atoms in total. The van der Waals surface area contributed by atoms with E-state index in [-0.39, 0.29) is 51.1 Å². The third-order valence-corrected chi connectivity index (χ3v) is 13.6. The number of allylic oxidation sites excluding steroid dienone is 1. The van der Waals surface area contributed by atoms with E-state index in [1.807, 2.05) is 139 Å². The Labute approximate surface area is 387 Å². The fraction of sp³-hybridized carbons (Fsp3) is 0.107. The van der Waals surface area contributed by atoms with Crippen molar-refractivity contribution < 1.29 is 34.7 Å². The van der Waals surface area contributed by atoms with Crippen molar-refractivity contribution in [2.45, 2.75) is 39.0 Å². The molecule has 5 N–H and O–H groups in total. The van der Waals surface area contributed by atoms with Gasteiger partial charge in [-0.2, -0.15) is 0 Å². The van der Waals surface area contributed by atoms with Gasteiger partial charge in [0.1, 0.15) is 32.5 Å². The van der Waals surface area contributed by atoms with Crippen molar-refractivity contribution >= 4 is 70.6 Å². The van der Waals surface area contributed by atoms with E-state index < -0.39 is 11.5 Å². The van der Waals surface area contributed by atoms with E-state index in [4.69, 9.17) is 9.15 Å². The molecule has 0 radical (unpaired) electrons. The Hall–Kier alpha value is -8.17. The Balaban J connectivity index is 1.31. The van der Waals surface area contributed by atoms with Crippen molar-refractivity contribution in [3.05, 3.63) is 162 Å². The normalized spacial score (nSPS) is 12.7. The van der Waals surface area contributed by atoms with E-state index in [1.54, 1.807) is 4.57 Å². The quantitative estimate of drug-likeness (QED) is 0.0444. The first-order chi connectivity index (χ1) is 32.5. The van der Waals surface area contributed by atoms with Crippen LogP contribution in [0.5, 0.6) is 28.7 Å². The number of rotatable bonds is 8. The van der Waals surface area contributed by atoms with E-state index >= 15 is 0 Å². The number of phenolic OH excluding ortho intramolecular Hbond substituents is 5. The van der Waals surface area contributed by atoms with Crippen LogP contribution in [0.1, 0.15) is 42.4 Å². The Morgan fingerprint density at radius 3 is 1.69 bits per heavy atom. The minimum Gasteiger partial charge on any atom is -0.507 e. The van der Waals surface area contributed by atoms with E-state index in [1.165, 1.54) is 0 Å². The van der Waals surface area contributed by atoms with Gasteiger partial charge in [-0.1, -0.05) is 132 Å². The van der Waals surface area contributed by atoms with Crippen LogP contribution in [0.15, 0.2) is 155 Å². The van der Waals surface area contributed by atoms with Gasteiger partial charge in [0.25, 0.3) is 0 Å². The Bertz CT molecular complexity index is 3660. The van der Waals surface area contributed by atoms with Gasteiger partial charge < -0.3 is 30.1 Å². The number of nitrogens with zero attached hydrogens (tertiary/aromatic N) is 2. The second-order valence-electron chi connectivity index (χ2n) is 17.9. The summed E-state index contributed by atoms with van der Waals surface area (Å²) in [5, 5.41) is 65.3. The molecule has 67 heavy (non-hydrogen) atoms. The summed E-state index contributed by atoms with van der Waals surface area (Å²) in [6.45, 7) is 8.07. The van der Waals surface area contributed by atoms with Crippen molar-refractivity contribution in [1.82, 2.24) is 9.13 Å². The second kappa shape index (κ2) is 15.8. The first kappa shape index (κ1) is 41.5. The summed E-state index contributed by atoms with van der Waals surface area (Å²) in [4.78, 5) is 0. The molecule has 8 aromatic carbocycles. The van der Waals surface area contributed by atoms with Crippen molar-refractivity contribution in [3.63, 3.8) is 0 Å². The van der Waals surface area contributed by atoms with Gasteiger partial charge in [-0.05, 0) is 91.1 Å². The average Bonchev–Trinajstić information content (AvgIpc) is 4.14. The molecule has 1 aliphatic carbocycles. The predicted octanol–water partition coefficient (Wildman–Crippen LogP) is 10.5. The molecule has 0 aliphatic heterocycles. The monoisotopic (exact) mass is 880 g/mol. The first-order valence-corrected chi connectivity index (χ1v) is 22.5. The van der Waals surface area contributed by atoms with Crippen molar-refractivity contribution in [3.8, 4) is 73.5 Å². The summed E-state index contributed by atoms with van der Waals surface area (Å²) >= 11 is 0. The van der Waals surface area contributed by atoms with Crippen LogP contribution in [0.3, 0.4) is 0 Å². The van der Waals surface area contributed by atoms with Gasteiger partial charge in [-0.15, -0.1) is 0 Å². The molecule has 1 saturated carbocycles. The summed E-state index contributed by atoms with van der Waals surface area (Å²) in [6.07, 6.45) is 1.73. The van der Waals surface area contributed by atoms with E-state index in [2.05, 4.69) is 35.4 Å². The van der Waals surface area contributed by atoms with Crippen molar-refractivity contribution in [2.24, 2.45) is 0 Å². The molecule has 10 aromatic rings. The van der Waals surface area contributed by atoms with Gasteiger partial charge in [0.15, 0.2) is 23.0 Å². The lowest BCUT2D eigenvalue weighted by Gasteiger charge is -2.25. The van der Waals surface area contributed by atoms with E-state index in [0.717, 1.165) is 38.6 Å². The lowest BCUT2D eigenvalue weighted by Crippen LogP contribution is -2.20. The zero-order chi connectivity index (χ0) is 46.4. The number of phenols is 5. The van der Waals surface area contributed by atoms with E-state index in [9.17, 15) is 25.5 Å². The summed E-state index contributed by atoms with van der Waals surface area (Å²) in [6, 6.07) is 42.9. The Kier molecular flexibility index (Phi) is 9.77. The molecular weight excluding hydrogens is 834 g/mol. The van der Waals surface area contributed by atoms with Crippen LogP contribution < -0.4 is 10.9 Å². The van der Waals surface area contributed by atoms with Gasteiger partial charge in [-0.25, -0.2) is 0 Å².